The van der Waals surface area contributed by atoms with Gasteiger partial charge in [0.15, 0.2) is 0 Å². The van der Waals surface area contributed by atoms with Crippen molar-refractivity contribution in [3.63, 3.8) is 0 Å². The molecular formula is C15H17N3O. The molecule has 1 aliphatic heterocycles. The van der Waals surface area contributed by atoms with Gasteiger partial charge in [0.2, 0.25) is 0 Å². The molecule has 2 heterocycles. The first-order valence-electron chi connectivity index (χ1n) is 6.45. The highest BCUT2D eigenvalue weighted by Gasteiger charge is 2.27. The van der Waals surface area contributed by atoms with E-state index in [4.69, 9.17) is 10.6 Å². The largest absolute Gasteiger partial charge is 0.493 e. The summed E-state index contributed by atoms with van der Waals surface area (Å²) in [6.07, 6.45) is 4.58. The number of hydrogen-bond acceptors (Lipinski definition) is 4. The summed E-state index contributed by atoms with van der Waals surface area (Å²) in [4.78, 5) is 4.16. The van der Waals surface area contributed by atoms with E-state index >= 15 is 0 Å². The van der Waals surface area contributed by atoms with E-state index < -0.39 is 0 Å². The molecule has 0 fully saturated rings. The van der Waals surface area contributed by atoms with Gasteiger partial charge in [0.1, 0.15) is 5.75 Å². The molecule has 0 amide bonds. The lowest BCUT2D eigenvalue weighted by atomic mass is 9.87. The van der Waals surface area contributed by atoms with Crippen molar-refractivity contribution >= 4 is 0 Å². The molecule has 98 valence electrons. The summed E-state index contributed by atoms with van der Waals surface area (Å²) in [7, 11) is 0. The second-order valence-corrected chi connectivity index (χ2v) is 4.81. The monoisotopic (exact) mass is 255 g/mol. The van der Waals surface area contributed by atoms with Gasteiger partial charge in [0.05, 0.1) is 12.6 Å². The Bertz CT molecular complexity index is 544. The fraction of sp³-hybridized carbons (Fsp3) is 0.267. The van der Waals surface area contributed by atoms with Crippen molar-refractivity contribution in [2.24, 2.45) is 11.8 Å². The van der Waals surface area contributed by atoms with Crippen LogP contribution in [0.4, 0.5) is 0 Å². The summed E-state index contributed by atoms with van der Waals surface area (Å²) in [5, 5.41) is 0. The van der Waals surface area contributed by atoms with Crippen LogP contribution in [0.3, 0.4) is 0 Å². The highest BCUT2D eigenvalue weighted by atomic mass is 16.5. The number of nitrogens with one attached hydrogen (secondary N) is 1. The zero-order valence-electron chi connectivity index (χ0n) is 10.6. The molecule has 1 aromatic heterocycles. The van der Waals surface area contributed by atoms with Crippen LogP contribution in [-0.2, 0) is 6.42 Å². The van der Waals surface area contributed by atoms with Crippen LogP contribution in [0.5, 0.6) is 5.75 Å². The summed E-state index contributed by atoms with van der Waals surface area (Å²) >= 11 is 0. The zero-order chi connectivity index (χ0) is 13.1. The fourth-order valence-corrected chi connectivity index (χ4v) is 2.63. The third-order valence-corrected chi connectivity index (χ3v) is 3.60. The molecule has 4 heteroatoms. The molecule has 3 rings (SSSR count). The fourth-order valence-electron chi connectivity index (χ4n) is 2.63. The first kappa shape index (κ1) is 12.1. The molecule has 2 atom stereocenters. The number of hydrazine groups is 1. The van der Waals surface area contributed by atoms with Crippen LogP contribution in [0, 0.1) is 5.92 Å². The highest BCUT2D eigenvalue weighted by Crippen LogP contribution is 2.32. The minimum atomic E-state index is 0.0575. The summed E-state index contributed by atoms with van der Waals surface area (Å²) in [6.45, 7) is 0.667. The Kier molecular flexibility index (Phi) is 3.44. The van der Waals surface area contributed by atoms with Gasteiger partial charge in [-0.15, -0.1) is 0 Å². The smallest absolute Gasteiger partial charge is 0.122 e. The molecule has 3 N–H and O–H groups in total. The maximum atomic E-state index is 5.82. The normalized spacial score (nSPS) is 19.3. The summed E-state index contributed by atoms with van der Waals surface area (Å²) in [5.74, 6) is 7.02. The topological polar surface area (TPSA) is 60.2 Å². The SMILES string of the molecule is NNC(c1cccnc1)C1COc2ccccc2C1. The van der Waals surface area contributed by atoms with Crippen molar-refractivity contribution < 1.29 is 4.74 Å². The van der Waals surface area contributed by atoms with Gasteiger partial charge in [0.25, 0.3) is 0 Å². The number of hydrogen-bond donors (Lipinski definition) is 2. The molecule has 0 spiro atoms. The number of para-hydroxylation sites is 1. The highest BCUT2D eigenvalue weighted by molar-refractivity contribution is 5.35. The standard InChI is InChI=1S/C15H17N3O/c16-18-15(12-5-3-7-17-9-12)13-8-11-4-1-2-6-14(11)19-10-13/h1-7,9,13,15,18H,8,10,16H2. The number of nitrogens with two attached hydrogens (primary N) is 1. The van der Waals surface area contributed by atoms with Crippen molar-refractivity contribution in [2.75, 3.05) is 6.61 Å². The maximum absolute atomic E-state index is 5.82. The second kappa shape index (κ2) is 5.38. The summed E-state index contributed by atoms with van der Waals surface area (Å²) in [6, 6.07) is 12.2. The van der Waals surface area contributed by atoms with E-state index in [0.717, 1.165) is 17.7 Å². The molecule has 0 saturated heterocycles. The van der Waals surface area contributed by atoms with Crippen molar-refractivity contribution in [1.82, 2.24) is 10.4 Å². The average molecular weight is 255 g/mol. The number of ether oxygens (including phenoxy) is 1. The van der Waals surface area contributed by atoms with E-state index in [-0.39, 0.29) is 6.04 Å². The van der Waals surface area contributed by atoms with Gasteiger partial charge < -0.3 is 4.74 Å². The Morgan fingerprint density at radius 2 is 2.16 bits per heavy atom. The van der Waals surface area contributed by atoms with Crippen molar-refractivity contribution in [1.29, 1.82) is 0 Å². The van der Waals surface area contributed by atoms with Crippen molar-refractivity contribution in [3.05, 3.63) is 59.9 Å². The quantitative estimate of drug-likeness (QED) is 0.649. The van der Waals surface area contributed by atoms with Crippen LogP contribution in [0.15, 0.2) is 48.8 Å². The van der Waals surface area contributed by atoms with Gasteiger partial charge in [-0.3, -0.25) is 16.3 Å². The maximum Gasteiger partial charge on any atom is 0.122 e. The van der Waals surface area contributed by atoms with Gasteiger partial charge in [-0.2, -0.15) is 0 Å². The Morgan fingerprint density at radius 1 is 1.26 bits per heavy atom. The lowest BCUT2D eigenvalue weighted by Gasteiger charge is -2.31. The first-order chi connectivity index (χ1) is 9.38. The van der Waals surface area contributed by atoms with Crippen molar-refractivity contribution in [3.8, 4) is 5.75 Å². The van der Waals surface area contributed by atoms with Gasteiger partial charge in [-0.1, -0.05) is 24.3 Å². The first-order valence-corrected chi connectivity index (χ1v) is 6.45. The molecule has 0 radical (unpaired) electrons. The number of rotatable bonds is 3. The van der Waals surface area contributed by atoms with Gasteiger partial charge in [0, 0.05) is 18.3 Å². The van der Waals surface area contributed by atoms with E-state index in [9.17, 15) is 0 Å². The third-order valence-electron chi connectivity index (χ3n) is 3.60. The minimum Gasteiger partial charge on any atom is -0.493 e. The average Bonchev–Trinajstić information content (AvgIpc) is 2.49. The number of nitrogens with zero attached hydrogens (tertiary/aromatic N) is 1. The van der Waals surface area contributed by atoms with E-state index in [1.807, 2.05) is 36.5 Å². The van der Waals surface area contributed by atoms with Crippen LogP contribution in [0.1, 0.15) is 17.2 Å². The van der Waals surface area contributed by atoms with Crippen LogP contribution in [0.2, 0.25) is 0 Å². The third kappa shape index (κ3) is 2.45. The van der Waals surface area contributed by atoms with E-state index in [1.54, 1.807) is 6.20 Å². The van der Waals surface area contributed by atoms with Gasteiger partial charge >= 0.3 is 0 Å². The van der Waals surface area contributed by atoms with Crippen LogP contribution in [0.25, 0.3) is 0 Å². The summed E-state index contributed by atoms with van der Waals surface area (Å²) < 4.78 is 5.82. The molecule has 19 heavy (non-hydrogen) atoms. The number of aromatic nitrogens is 1. The minimum absolute atomic E-state index is 0.0575. The Hall–Kier alpha value is -1.91. The van der Waals surface area contributed by atoms with Crippen LogP contribution in [-0.4, -0.2) is 11.6 Å². The molecule has 2 aromatic rings. The molecule has 1 aromatic carbocycles. The van der Waals surface area contributed by atoms with Crippen LogP contribution < -0.4 is 16.0 Å². The molecule has 1 aliphatic rings. The molecule has 0 aliphatic carbocycles. The molecular weight excluding hydrogens is 238 g/mol. The van der Waals surface area contributed by atoms with Gasteiger partial charge in [-0.25, -0.2) is 0 Å². The molecule has 0 saturated carbocycles. The lowest BCUT2D eigenvalue weighted by Crippen LogP contribution is -2.38. The zero-order valence-corrected chi connectivity index (χ0v) is 10.6. The predicted octanol–water partition coefficient (Wildman–Crippen LogP) is 1.84. The molecule has 4 nitrogen and oxygen atoms in total. The van der Waals surface area contributed by atoms with E-state index in [1.165, 1.54) is 5.56 Å². The molecule has 0 bridgehead atoms. The van der Waals surface area contributed by atoms with Crippen LogP contribution >= 0.6 is 0 Å². The van der Waals surface area contributed by atoms with Gasteiger partial charge in [-0.05, 0) is 29.7 Å². The summed E-state index contributed by atoms with van der Waals surface area (Å²) in [5.41, 5.74) is 5.23. The van der Waals surface area contributed by atoms with E-state index in [0.29, 0.717) is 12.5 Å². The second-order valence-electron chi connectivity index (χ2n) is 4.81. The van der Waals surface area contributed by atoms with E-state index in [2.05, 4.69) is 16.5 Å². The lowest BCUT2D eigenvalue weighted by molar-refractivity contribution is 0.185. The van der Waals surface area contributed by atoms with Crippen molar-refractivity contribution in [2.45, 2.75) is 12.5 Å². The Labute approximate surface area is 112 Å². The Morgan fingerprint density at radius 3 is 2.95 bits per heavy atom. The number of fused-ring (bicyclic) bond motifs is 1. The Balaban J connectivity index is 1.83. The molecule has 2 unspecified atom stereocenters. The number of benzene rings is 1. The predicted molar refractivity (Wildman–Crippen MR) is 73.4 cm³/mol. The number of pyridine rings is 1.